The van der Waals surface area contributed by atoms with Gasteiger partial charge < -0.3 is 14.2 Å². The Kier molecular flexibility index (Phi) is 7.88. The molecule has 2 heterocycles. The van der Waals surface area contributed by atoms with Crippen LogP contribution in [-0.4, -0.2) is 26.9 Å². The summed E-state index contributed by atoms with van der Waals surface area (Å²) in [7, 11) is 0. The monoisotopic (exact) mass is 618 g/mol. The Morgan fingerprint density at radius 1 is 0.724 bits per heavy atom. The van der Waals surface area contributed by atoms with Gasteiger partial charge in [0.15, 0.2) is 5.79 Å². The zero-order chi connectivity index (χ0) is 20.1. The van der Waals surface area contributed by atoms with E-state index in [9.17, 15) is 0 Å². The highest BCUT2D eigenvalue weighted by molar-refractivity contribution is 14.1. The Morgan fingerprint density at radius 3 is 1.97 bits per heavy atom. The minimum absolute atomic E-state index is 0.154. The van der Waals surface area contributed by atoms with Crippen LogP contribution in [0, 0.1) is 0 Å². The fourth-order valence-electron chi connectivity index (χ4n) is 4.37. The third-order valence-corrected chi connectivity index (χ3v) is 7.83. The van der Waals surface area contributed by atoms with Crippen LogP contribution in [0.25, 0.3) is 0 Å². The lowest BCUT2D eigenvalue weighted by Crippen LogP contribution is -2.47. The van der Waals surface area contributed by atoms with Crippen LogP contribution < -0.4 is 0 Å². The lowest BCUT2D eigenvalue weighted by atomic mass is 9.92. The SMILES string of the molecule is IC[C@H]1CC[C@@]2(CCC[C@H](CI)O2)O[C@H](c2ccccc2)[C@@H](c2ccccc2)O1. The lowest BCUT2D eigenvalue weighted by molar-refractivity contribution is -0.324. The van der Waals surface area contributed by atoms with Gasteiger partial charge in [0.05, 0.1) is 12.2 Å². The Hall–Kier alpha value is -0.220. The van der Waals surface area contributed by atoms with Gasteiger partial charge in [-0.1, -0.05) is 106 Å². The molecular weight excluding hydrogens is 590 g/mol. The third-order valence-electron chi connectivity index (χ3n) is 5.87. The molecule has 2 aliphatic rings. The molecule has 2 aromatic rings. The first-order chi connectivity index (χ1) is 14.2. The molecular formula is C24H28I2O3. The summed E-state index contributed by atoms with van der Waals surface area (Å²) in [6, 6.07) is 21.0. The van der Waals surface area contributed by atoms with Gasteiger partial charge in [0.1, 0.15) is 12.2 Å². The van der Waals surface area contributed by atoms with Crippen molar-refractivity contribution in [2.45, 2.75) is 62.3 Å². The number of benzene rings is 2. The molecule has 2 aromatic carbocycles. The molecule has 0 amide bonds. The number of hydrogen-bond donors (Lipinski definition) is 0. The minimum Gasteiger partial charge on any atom is -0.366 e. The molecule has 156 valence electrons. The fraction of sp³-hybridized carbons (Fsp3) is 0.500. The molecule has 29 heavy (non-hydrogen) atoms. The largest absolute Gasteiger partial charge is 0.366 e. The average molecular weight is 618 g/mol. The van der Waals surface area contributed by atoms with Crippen LogP contribution in [0.3, 0.4) is 0 Å². The van der Waals surface area contributed by atoms with Crippen molar-refractivity contribution in [3.05, 3.63) is 71.8 Å². The van der Waals surface area contributed by atoms with Gasteiger partial charge >= 0.3 is 0 Å². The highest BCUT2D eigenvalue weighted by Gasteiger charge is 2.45. The predicted molar refractivity (Wildman–Crippen MR) is 133 cm³/mol. The molecule has 2 fully saturated rings. The van der Waals surface area contributed by atoms with Crippen LogP contribution in [0.4, 0.5) is 0 Å². The highest BCUT2D eigenvalue weighted by Crippen LogP contribution is 2.46. The van der Waals surface area contributed by atoms with Crippen molar-refractivity contribution in [3.63, 3.8) is 0 Å². The number of hydrogen-bond acceptors (Lipinski definition) is 3. The Morgan fingerprint density at radius 2 is 1.34 bits per heavy atom. The second kappa shape index (κ2) is 10.4. The molecule has 0 bridgehead atoms. The molecule has 1 spiro atoms. The predicted octanol–water partition coefficient (Wildman–Crippen LogP) is 6.80. The van der Waals surface area contributed by atoms with E-state index in [2.05, 4.69) is 106 Å². The zero-order valence-corrected chi connectivity index (χ0v) is 20.8. The first-order valence-electron chi connectivity index (χ1n) is 10.5. The van der Waals surface area contributed by atoms with Crippen LogP contribution in [0.2, 0.25) is 0 Å². The first-order valence-corrected chi connectivity index (χ1v) is 13.5. The maximum atomic E-state index is 6.94. The molecule has 5 heteroatoms. The Balaban J connectivity index is 1.75. The number of alkyl halides is 2. The molecule has 2 saturated heterocycles. The van der Waals surface area contributed by atoms with E-state index >= 15 is 0 Å². The number of ether oxygens (including phenoxy) is 3. The summed E-state index contributed by atoms with van der Waals surface area (Å²) in [4.78, 5) is 0. The topological polar surface area (TPSA) is 27.7 Å². The van der Waals surface area contributed by atoms with E-state index < -0.39 is 5.79 Å². The summed E-state index contributed by atoms with van der Waals surface area (Å²) in [5.41, 5.74) is 2.31. The van der Waals surface area contributed by atoms with Crippen molar-refractivity contribution in [1.29, 1.82) is 0 Å². The van der Waals surface area contributed by atoms with E-state index in [-0.39, 0.29) is 24.4 Å². The van der Waals surface area contributed by atoms with Crippen LogP contribution >= 0.6 is 45.2 Å². The normalized spacial score (nSPS) is 33.2. The van der Waals surface area contributed by atoms with Crippen molar-refractivity contribution in [2.24, 2.45) is 0 Å². The summed E-state index contributed by atoms with van der Waals surface area (Å²) in [5.74, 6) is -0.518. The van der Waals surface area contributed by atoms with Gasteiger partial charge in [-0.15, -0.1) is 0 Å². The average Bonchev–Trinajstić information content (AvgIpc) is 2.78. The second-order valence-electron chi connectivity index (χ2n) is 7.93. The van der Waals surface area contributed by atoms with Crippen LogP contribution in [0.15, 0.2) is 60.7 Å². The van der Waals surface area contributed by atoms with Gasteiger partial charge in [-0.2, -0.15) is 0 Å². The highest BCUT2D eigenvalue weighted by atomic mass is 127. The maximum Gasteiger partial charge on any atom is 0.169 e. The summed E-state index contributed by atoms with van der Waals surface area (Å²) in [5, 5.41) is 0. The zero-order valence-electron chi connectivity index (χ0n) is 16.5. The molecule has 0 radical (unpaired) electrons. The van der Waals surface area contributed by atoms with Crippen molar-refractivity contribution in [1.82, 2.24) is 0 Å². The van der Waals surface area contributed by atoms with Crippen LogP contribution in [0.5, 0.6) is 0 Å². The molecule has 0 unspecified atom stereocenters. The standard InChI is InChI=1S/C24H28I2O3/c25-16-20-13-15-24(14-7-12-21(17-26)28-24)29-23(19-10-5-2-6-11-19)22(27-20)18-8-3-1-4-9-18/h1-6,8-11,20-23H,7,12-17H2/t20-,21-,22-,23-,24-/m1/s1. The van der Waals surface area contributed by atoms with E-state index in [0.29, 0.717) is 0 Å². The maximum absolute atomic E-state index is 6.94. The van der Waals surface area contributed by atoms with Gasteiger partial charge in [0.2, 0.25) is 0 Å². The summed E-state index contributed by atoms with van der Waals surface area (Å²) < 4.78 is 22.3. The van der Waals surface area contributed by atoms with Gasteiger partial charge in [-0.25, -0.2) is 0 Å². The first kappa shape index (κ1) is 22.0. The van der Waals surface area contributed by atoms with E-state index in [1.807, 2.05) is 0 Å². The van der Waals surface area contributed by atoms with Crippen LogP contribution in [0.1, 0.15) is 55.4 Å². The molecule has 0 saturated carbocycles. The van der Waals surface area contributed by atoms with Gasteiger partial charge in [0, 0.05) is 21.7 Å². The Bertz CT molecular complexity index is 757. The van der Waals surface area contributed by atoms with Gasteiger partial charge in [0.25, 0.3) is 0 Å². The molecule has 0 N–H and O–H groups in total. The summed E-state index contributed by atoms with van der Waals surface area (Å²) in [6.07, 6.45) is 5.20. The molecule has 2 aliphatic heterocycles. The fourth-order valence-corrected chi connectivity index (χ4v) is 5.64. The quantitative estimate of drug-likeness (QED) is 0.279. The molecule has 0 aliphatic carbocycles. The van der Waals surface area contributed by atoms with Gasteiger partial charge in [-0.05, 0) is 30.4 Å². The molecule has 3 nitrogen and oxygen atoms in total. The van der Waals surface area contributed by atoms with Crippen LogP contribution in [-0.2, 0) is 14.2 Å². The van der Waals surface area contributed by atoms with E-state index in [1.165, 1.54) is 0 Å². The number of halogens is 2. The lowest BCUT2D eigenvalue weighted by Gasteiger charge is -2.47. The van der Waals surface area contributed by atoms with E-state index in [4.69, 9.17) is 14.2 Å². The minimum atomic E-state index is -0.518. The third kappa shape index (κ3) is 5.34. The number of rotatable bonds is 4. The van der Waals surface area contributed by atoms with Crippen molar-refractivity contribution in [3.8, 4) is 0 Å². The Labute approximate surface area is 201 Å². The van der Waals surface area contributed by atoms with Crippen molar-refractivity contribution in [2.75, 3.05) is 8.86 Å². The molecule has 4 rings (SSSR count). The van der Waals surface area contributed by atoms with E-state index in [0.717, 1.165) is 52.1 Å². The molecule has 0 aromatic heterocycles. The van der Waals surface area contributed by atoms with Crippen molar-refractivity contribution < 1.29 is 14.2 Å². The van der Waals surface area contributed by atoms with Crippen molar-refractivity contribution >= 4 is 45.2 Å². The molecule has 5 atom stereocenters. The van der Waals surface area contributed by atoms with Gasteiger partial charge in [-0.3, -0.25) is 0 Å². The smallest absolute Gasteiger partial charge is 0.169 e. The summed E-state index contributed by atoms with van der Waals surface area (Å²) in [6.45, 7) is 0. The second-order valence-corrected chi connectivity index (χ2v) is 9.69. The van der Waals surface area contributed by atoms with E-state index in [1.54, 1.807) is 0 Å². The summed E-state index contributed by atoms with van der Waals surface area (Å²) >= 11 is 4.89.